The molecule has 2 rings (SSSR count). The van der Waals surface area contributed by atoms with Crippen molar-refractivity contribution >= 4 is 11.7 Å². The number of hydrogen-bond donors (Lipinski definition) is 1. The van der Waals surface area contributed by atoms with Gasteiger partial charge in [-0.05, 0) is 38.5 Å². The van der Waals surface area contributed by atoms with E-state index in [1.165, 1.54) is 5.56 Å². The third-order valence-corrected chi connectivity index (χ3v) is 3.51. The molecule has 2 N–H and O–H groups in total. The average Bonchev–Trinajstić information content (AvgIpc) is 2.40. The molecule has 0 saturated carbocycles. The number of benzene rings is 1. The highest BCUT2D eigenvalue weighted by atomic mass is 16.7. The van der Waals surface area contributed by atoms with Crippen molar-refractivity contribution in [1.29, 1.82) is 0 Å². The maximum absolute atomic E-state index is 11.9. The van der Waals surface area contributed by atoms with Crippen LogP contribution in [-0.4, -0.2) is 42.1 Å². The summed E-state index contributed by atoms with van der Waals surface area (Å²) in [6, 6.07) is 7.97. The molecule has 0 unspecified atom stereocenters. The summed E-state index contributed by atoms with van der Waals surface area (Å²) in [5, 5.41) is 1.77. The molecule has 1 saturated heterocycles. The summed E-state index contributed by atoms with van der Waals surface area (Å²) in [5.41, 5.74) is 7.35. The highest BCUT2D eigenvalue weighted by Crippen LogP contribution is 2.17. The second-order valence-corrected chi connectivity index (χ2v) is 6.58. The van der Waals surface area contributed by atoms with E-state index in [0.29, 0.717) is 0 Å². The van der Waals surface area contributed by atoms with Crippen molar-refractivity contribution in [3.63, 3.8) is 0 Å². The fraction of sp³-hybridized carbons (Fsp3) is 0.562. The SMILES string of the molecule is CC(C)(C)C(=O)ON1CCN(Cc2cccc(N)c2)CC1. The van der Waals surface area contributed by atoms with E-state index in [1.54, 1.807) is 5.06 Å². The Kier molecular flexibility index (Phi) is 4.85. The highest BCUT2D eigenvalue weighted by Gasteiger charge is 2.27. The zero-order valence-corrected chi connectivity index (χ0v) is 13.1. The number of carbonyl (C=O) groups is 1. The topological polar surface area (TPSA) is 58.8 Å². The van der Waals surface area contributed by atoms with Crippen LogP contribution in [0, 0.1) is 5.41 Å². The number of anilines is 1. The first-order valence-corrected chi connectivity index (χ1v) is 7.39. The monoisotopic (exact) mass is 291 g/mol. The first-order chi connectivity index (χ1) is 9.84. The van der Waals surface area contributed by atoms with Crippen molar-refractivity contribution in [2.75, 3.05) is 31.9 Å². The largest absolute Gasteiger partial charge is 0.399 e. The number of rotatable bonds is 3. The second kappa shape index (κ2) is 6.45. The summed E-state index contributed by atoms with van der Waals surface area (Å²) in [5.74, 6) is -0.174. The van der Waals surface area contributed by atoms with Crippen LogP contribution in [0.2, 0.25) is 0 Å². The molecule has 1 aromatic rings. The van der Waals surface area contributed by atoms with Gasteiger partial charge in [-0.2, -0.15) is 0 Å². The lowest BCUT2D eigenvalue weighted by Crippen LogP contribution is -2.47. The number of nitrogens with zero attached hydrogens (tertiary/aromatic N) is 2. The Bertz CT molecular complexity index is 489. The predicted molar refractivity (Wildman–Crippen MR) is 83.3 cm³/mol. The standard InChI is InChI=1S/C16H25N3O2/c1-16(2,3)15(20)21-19-9-7-18(8-10-19)12-13-5-4-6-14(17)11-13/h4-6,11H,7-10,12,17H2,1-3H3. The van der Waals surface area contributed by atoms with Gasteiger partial charge in [-0.3, -0.25) is 4.90 Å². The van der Waals surface area contributed by atoms with Crippen LogP contribution in [0.3, 0.4) is 0 Å². The Labute approximate surface area is 126 Å². The number of nitrogens with two attached hydrogens (primary N) is 1. The summed E-state index contributed by atoms with van der Waals surface area (Å²) >= 11 is 0. The fourth-order valence-corrected chi connectivity index (χ4v) is 2.18. The molecule has 0 radical (unpaired) electrons. The first-order valence-electron chi connectivity index (χ1n) is 7.39. The van der Waals surface area contributed by atoms with Crippen LogP contribution in [0.5, 0.6) is 0 Å². The van der Waals surface area contributed by atoms with Crippen LogP contribution >= 0.6 is 0 Å². The Hall–Kier alpha value is -1.59. The summed E-state index contributed by atoms with van der Waals surface area (Å²) in [4.78, 5) is 19.6. The van der Waals surface area contributed by atoms with Crippen molar-refractivity contribution in [3.8, 4) is 0 Å². The molecule has 21 heavy (non-hydrogen) atoms. The number of hydroxylamine groups is 2. The first kappa shape index (κ1) is 15.8. The minimum Gasteiger partial charge on any atom is -0.399 e. The highest BCUT2D eigenvalue weighted by molar-refractivity contribution is 5.75. The summed E-state index contributed by atoms with van der Waals surface area (Å²) in [6.07, 6.45) is 0. The van der Waals surface area contributed by atoms with Crippen LogP contribution < -0.4 is 5.73 Å². The lowest BCUT2D eigenvalue weighted by Gasteiger charge is -2.34. The zero-order chi connectivity index (χ0) is 15.5. The molecular formula is C16H25N3O2. The number of nitrogen functional groups attached to an aromatic ring is 1. The van der Waals surface area contributed by atoms with E-state index in [2.05, 4.69) is 11.0 Å². The van der Waals surface area contributed by atoms with Gasteiger partial charge in [0, 0.05) is 38.4 Å². The lowest BCUT2D eigenvalue weighted by atomic mass is 9.98. The maximum atomic E-state index is 11.9. The third kappa shape index (κ3) is 4.72. The average molecular weight is 291 g/mol. The molecular weight excluding hydrogens is 266 g/mol. The van der Waals surface area contributed by atoms with Crippen molar-refractivity contribution in [2.24, 2.45) is 5.41 Å². The summed E-state index contributed by atoms with van der Waals surface area (Å²) in [7, 11) is 0. The quantitative estimate of drug-likeness (QED) is 0.862. The molecule has 5 heteroatoms. The molecule has 0 aromatic heterocycles. The van der Waals surface area contributed by atoms with Crippen LogP contribution in [0.1, 0.15) is 26.3 Å². The summed E-state index contributed by atoms with van der Waals surface area (Å²) < 4.78 is 0. The number of hydrogen-bond acceptors (Lipinski definition) is 5. The minimum atomic E-state index is -0.460. The molecule has 116 valence electrons. The maximum Gasteiger partial charge on any atom is 0.330 e. The Morgan fingerprint density at radius 3 is 2.48 bits per heavy atom. The van der Waals surface area contributed by atoms with Gasteiger partial charge >= 0.3 is 5.97 Å². The fourth-order valence-electron chi connectivity index (χ4n) is 2.18. The smallest absolute Gasteiger partial charge is 0.330 e. The van der Waals surface area contributed by atoms with Crippen LogP contribution in [0.4, 0.5) is 5.69 Å². The Balaban J connectivity index is 1.80. The molecule has 1 aliphatic rings. The second-order valence-electron chi connectivity index (χ2n) is 6.58. The van der Waals surface area contributed by atoms with Gasteiger partial charge < -0.3 is 10.6 Å². The van der Waals surface area contributed by atoms with E-state index in [0.717, 1.165) is 38.4 Å². The van der Waals surface area contributed by atoms with Crippen LogP contribution in [0.25, 0.3) is 0 Å². The molecule has 0 spiro atoms. The van der Waals surface area contributed by atoms with Gasteiger partial charge in [0.15, 0.2) is 0 Å². The predicted octanol–water partition coefficient (Wildman–Crippen LogP) is 1.89. The number of piperazine rings is 1. The molecule has 1 aliphatic heterocycles. The van der Waals surface area contributed by atoms with Crippen molar-refractivity contribution in [3.05, 3.63) is 29.8 Å². The molecule has 0 aliphatic carbocycles. The van der Waals surface area contributed by atoms with Gasteiger partial charge in [0.2, 0.25) is 0 Å². The van der Waals surface area contributed by atoms with Gasteiger partial charge in [0.1, 0.15) is 0 Å². The molecule has 1 fully saturated rings. The molecule has 1 heterocycles. The molecule has 0 atom stereocenters. The van der Waals surface area contributed by atoms with E-state index in [9.17, 15) is 4.79 Å². The van der Waals surface area contributed by atoms with E-state index in [-0.39, 0.29) is 5.97 Å². The van der Waals surface area contributed by atoms with Crippen molar-refractivity contribution in [1.82, 2.24) is 9.96 Å². The number of carbonyl (C=O) groups excluding carboxylic acids is 1. The van der Waals surface area contributed by atoms with E-state index < -0.39 is 5.41 Å². The van der Waals surface area contributed by atoms with E-state index >= 15 is 0 Å². The van der Waals surface area contributed by atoms with Gasteiger partial charge in [-0.1, -0.05) is 12.1 Å². The Morgan fingerprint density at radius 1 is 1.24 bits per heavy atom. The van der Waals surface area contributed by atoms with Gasteiger partial charge in [-0.25, -0.2) is 4.79 Å². The van der Waals surface area contributed by atoms with Crippen molar-refractivity contribution in [2.45, 2.75) is 27.3 Å². The third-order valence-electron chi connectivity index (χ3n) is 3.51. The summed E-state index contributed by atoms with van der Waals surface area (Å²) in [6.45, 7) is 9.72. The van der Waals surface area contributed by atoms with Gasteiger partial charge in [0.05, 0.1) is 5.41 Å². The normalized spacial score (nSPS) is 17.7. The lowest BCUT2D eigenvalue weighted by molar-refractivity contribution is -0.207. The van der Waals surface area contributed by atoms with Gasteiger partial charge in [-0.15, -0.1) is 5.06 Å². The van der Waals surface area contributed by atoms with Crippen molar-refractivity contribution < 1.29 is 9.63 Å². The van der Waals surface area contributed by atoms with Gasteiger partial charge in [0.25, 0.3) is 0 Å². The molecule has 5 nitrogen and oxygen atoms in total. The van der Waals surface area contributed by atoms with Crippen LogP contribution in [-0.2, 0) is 16.2 Å². The molecule has 1 aromatic carbocycles. The minimum absolute atomic E-state index is 0.174. The van der Waals surface area contributed by atoms with E-state index in [1.807, 2.05) is 39.0 Å². The zero-order valence-electron chi connectivity index (χ0n) is 13.1. The van der Waals surface area contributed by atoms with Crippen LogP contribution in [0.15, 0.2) is 24.3 Å². The molecule has 0 bridgehead atoms. The Morgan fingerprint density at radius 2 is 1.90 bits per heavy atom. The van der Waals surface area contributed by atoms with E-state index in [4.69, 9.17) is 10.6 Å². The molecule has 0 amide bonds.